The van der Waals surface area contributed by atoms with Crippen LogP contribution in [0.4, 0.5) is 9.52 Å². The quantitative estimate of drug-likeness (QED) is 0.242. The molecule has 182 valence electrons. The molecule has 0 fully saturated rings. The van der Waals surface area contributed by atoms with E-state index in [1.165, 1.54) is 29.4 Å². The molecule has 0 saturated heterocycles. The van der Waals surface area contributed by atoms with E-state index in [0.29, 0.717) is 12.4 Å². The lowest BCUT2D eigenvalue weighted by atomic mass is 9.93. The van der Waals surface area contributed by atoms with Gasteiger partial charge in [-0.1, -0.05) is 68.5 Å². The average Bonchev–Trinajstić information content (AvgIpc) is 3.21. The Bertz CT molecular complexity index is 1280. The molecule has 3 aromatic carbocycles. The van der Waals surface area contributed by atoms with Crippen molar-refractivity contribution in [1.82, 2.24) is 4.98 Å². The Morgan fingerprint density at radius 2 is 1.69 bits per heavy atom. The van der Waals surface area contributed by atoms with Crippen molar-refractivity contribution in [2.75, 3.05) is 11.3 Å². The van der Waals surface area contributed by atoms with Gasteiger partial charge in [0.05, 0.1) is 17.2 Å². The van der Waals surface area contributed by atoms with Gasteiger partial charge in [0.15, 0.2) is 5.13 Å². The lowest BCUT2D eigenvalue weighted by Crippen LogP contribution is -2.11. The lowest BCUT2D eigenvalue weighted by molar-refractivity contribution is 0.242. The van der Waals surface area contributed by atoms with Crippen LogP contribution in [0.2, 0.25) is 0 Å². The molecule has 1 N–H and O–H groups in total. The molecule has 0 unspecified atom stereocenters. The van der Waals surface area contributed by atoms with Crippen LogP contribution in [-0.2, 0) is 0 Å². The summed E-state index contributed by atoms with van der Waals surface area (Å²) in [4.78, 5) is 6.98. The van der Waals surface area contributed by atoms with Gasteiger partial charge in [0.1, 0.15) is 11.6 Å². The SMILES string of the molecule is Cc1cccc(C)c1-c1nc(NSc2ccccc2)sc1-c1cc(F)cc(OCCC(C)(C)C)c1. The van der Waals surface area contributed by atoms with Gasteiger partial charge in [0.2, 0.25) is 0 Å². The van der Waals surface area contributed by atoms with Crippen LogP contribution in [0.5, 0.6) is 5.75 Å². The zero-order chi connectivity index (χ0) is 25.0. The summed E-state index contributed by atoms with van der Waals surface area (Å²) in [6, 6.07) is 21.3. The molecule has 0 saturated carbocycles. The number of ether oxygens (including phenoxy) is 1. The second kappa shape index (κ2) is 10.8. The summed E-state index contributed by atoms with van der Waals surface area (Å²) in [6.45, 7) is 11.2. The largest absolute Gasteiger partial charge is 0.493 e. The Balaban J connectivity index is 1.72. The number of rotatable bonds is 8. The van der Waals surface area contributed by atoms with Crippen molar-refractivity contribution in [3.05, 3.63) is 83.7 Å². The van der Waals surface area contributed by atoms with E-state index in [0.717, 1.165) is 49.3 Å². The number of nitrogens with zero attached hydrogens (tertiary/aromatic N) is 1. The minimum absolute atomic E-state index is 0.153. The third-order valence-electron chi connectivity index (χ3n) is 5.60. The molecule has 0 amide bonds. The van der Waals surface area contributed by atoms with E-state index in [1.807, 2.05) is 42.5 Å². The second-order valence-corrected chi connectivity index (χ2v) is 11.7. The van der Waals surface area contributed by atoms with Crippen LogP contribution in [0.3, 0.4) is 0 Å². The molecule has 4 rings (SSSR count). The molecular formula is C29H31FN2OS2. The Kier molecular flexibility index (Phi) is 7.82. The number of thiazole rings is 1. The number of halogens is 1. The normalized spacial score (nSPS) is 11.5. The van der Waals surface area contributed by atoms with Crippen molar-refractivity contribution >= 4 is 28.4 Å². The van der Waals surface area contributed by atoms with E-state index in [9.17, 15) is 4.39 Å². The summed E-state index contributed by atoms with van der Waals surface area (Å²) in [5, 5.41) is 0.769. The van der Waals surface area contributed by atoms with Crippen molar-refractivity contribution in [3.63, 3.8) is 0 Å². The van der Waals surface area contributed by atoms with Crippen molar-refractivity contribution in [3.8, 4) is 27.4 Å². The van der Waals surface area contributed by atoms with E-state index >= 15 is 0 Å². The molecule has 1 aromatic heterocycles. The van der Waals surface area contributed by atoms with Crippen LogP contribution in [0.25, 0.3) is 21.7 Å². The molecule has 0 aliphatic rings. The van der Waals surface area contributed by atoms with Gasteiger partial charge in [-0.3, -0.25) is 0 Å². The average molecular weight is 507 g/mol. The summed E-state index contributed by atoms with van der Waals surface area (Å²) in [5.74, 6) is 0.223. The number of benzene rings is 3. The first-order chi connectivity index (χ1) is 16.7. The third kappa shape index (κ3) is 6.65. The predicted molar refractivity (Wildman–Crippen MR) is 148 cm³/mol. The molecule has 0 aliphatic heterocycles. The van der Waals surface area contributed by atoms with Crippen LogP contribution in [-0.4, -0.2) is 11.6 Å². The van der Waals surface area contributed by atoms with Crippen molar-refractivity contribution < 1.29 is 9.13 Å². The fourth-order valence-corrected chi connectivity index (χ4v) is 5.41. The fraction of sp³-hybridized carbons (Fsp3) is 0.276. The minimum atomic E-state index is -0.317. The highest BCUT2D eigenvalue weighted by atomic mass is 32.2. The predicted octanol–water partition coefficient (Wildman–Crippen LogP) is 9.17. The van der Waals surface area contributed by atoms with Crippen molar-refractivity contribution in [2.45, 2.75) is 45.9 Å². The molecule has 1 heterocycles. The second-order valence-electron chi connectivity index (χ2n) is 9.82. The van der Waals surface area contributed by atoms with Crippen molar-refractivity contribution in [2.24, 2.45) is 5.41 Å². The summed E-state index contributed by atoms with van der Waals surface area (Å²) < 4.78 is 24.1. The number of aromatic nitrogens is 1. The molecule has 4 aromatic rings. The van der Waals surface area contributed by atoms with Gasteiger partial charge in [-0.05, 0) is 73.0 Å². The Morgan fingerprint density at radius 3 is 2.37 bits per heavy atom. The summed E-state index contributed by atoms with van der Waals surface area (Å²) in [5.41, 5.74) is 5.13. The number of anilines is 1. The van der Waals surface area contributed by atoms with Crippen LogP contribution in [0.15, 0.2) is 71.6 Å². The topological polar surface area (TPSA) is 34.2 Å². The van der Waals surface area contributed by atoms with Gasteiger partial charge in [0.25, 0.3) is 0 Å². The van der Waals surface area contributed by atoms with E-state index < -0.39 is 0 Å². The Morgan fingerprint density at radius 1 is 0.971 bits per heavy atom. The van der Waals surface area contributed by atoms with Crippen LogP contribution >= 0.6 is 23.3 Å². The first-order valence-corrected chi connectivity index (χ1v) is 13.3. The first kappa shape index (κ1) is 25.3. The first-order valence-electron chi connectivity index (χ1n) is 11.7. The Hall–Kier alpha value is -2.83. The molecule has 0 spiro atoms. The summed E-state index contributed by atoms with van der Waals surface area (Å²) in [7, 11) is 0. The minimum Gasteiger partial charge on any atom is -0.493 e. The van der Waals surface area contributed by atoms with Gasteiger partial charge >= 0.3 is 0 Å². The van der Waals surface area contributed by atoms with Gasteiger partial charge < -0.3 is 9.46 Å². The maximum Gasteiger partial charge on any atom is 0.194 e. The molecule has 0 radical (unpaired) electrons. The fourth-order valence-electron chi connectivity index (χ4n) is 3.76. The van der Waals surface area contributed by atoms with E-state index in [-0.39, 0.29) is 11.2 Å². The Labute approximate surface area is 215 Å². The van der Waals surface area contributed by atoms with Gasteiger partial charge in [0, 0.05) is 22.1 Å². The molecule has 6 heteroatoms. The molecular weight excluding hydrogens is 475 g/mol. The van der Waals surface area contributed by atoms with Crippen LogP contribution in [0.1, 0.15) is 38.3 Å². The molecule has 3 nitrogen and oxygen atoms in total. The maximum atomic E-state index is 14.7. The number of hydrogen-bond acceptors (Lipinski definition) is 5. The van der Waals surface area contributed by atoms with Crippen LogP contribution in [0, 0.1) is 25.1 Å². The zero-order valence-corrected chi connectivity index (χ0v) is 22.4. The molecule has 0 aliphatic carbocycles. The van der Waals surface area contributed by atoms with E-state index in [1.54, 1.807) is 6.07 Å². The summed E-state index contributed by atoms with van der Waals surface area (Å²) in [6.07, 6.45) is 0.887. The van der Waals surface area contributed by atoms with Gasteiger partial charge in [-0.25, -0.2) is 9.37 Å². The highest BCUT2D eigenvalue weighted by Gasteiger charge is 2.20. The zero-order valence-electron chi connectivity index (χ0n) is 20.8. The van der Waals surface area contributed by atoms with E-state index in [2.05, 4.69) is 51.5 Å². The van der Waals surface area contributed by atoms with Gasteiger partial charge in [-0.15, -0.1) is 0 Å². The standard InChI is InChI=1S/C29H31FN2OS2/c1-19-10-9-11-20(2)25(19)26-27(34-28(31-26)32-35-24-12-7-6-8-13-24)21-16-22(30)18-23(17-21)33-15-14-29(3,4)5/h6-13,16-18H,14-15H2,1-5H3,(H,31,32). The van der Waals surface area contributed by atoms with Gasteiger partial charge in [-0.2, -0.15) is 0 Å². The summed E-state index contributed by atoms with van der Waals surface area (Å²) >= 11 is 3.04. The highest BCUT2D eigenvalue weighted by molar-refractivity contribution is 8.00. The van der Waals surface area contributed by atoms with Crippen molar-refractivity contribution in [1.29, 1.82) is 0 Å². The van der Waals surface area contributed by atoms with Crippen LogP contribution < -0.4 is 9.46 Å². The smallest absolute Gasteiger partial charge is 0.194 e. The number of hydrogen-bond donors (Lipinski definition) is 1. The monoisotopic (exact) mass is 506 g/mol. The molecule has 0 atom stereocenters. The highest BCUT2D eigenvalue weighted by Crippen LogP contribution is 2.43. The molecule has 35 heavy (non-hydrogen) atoms. The van der Waals surface area contributed by atoms with E-state index in [4.69, 9.17) is 9.72 Å². The third-order valence-corrected chi connectivity index (χ3v) is 7.55. The number of aryl methyl sites for hydroxylation is 2. The number of nitrogens with one attached hydrogen (secondary N) is 1. The molecule has 0 bridgehead atoms. The lowest BCUT2D eigenvalue weighted by Gasteiger charge is -2.18. The maximum absolute atomic E-state index is 14.7.